The summed E-state index contributed by atoms with van der Waals surface area (Å²) >= 11 is 2.27. The Labute approximate surface area is 111 Å². The monoisotopic (exact) mass is 250 g/mol. The minimum Gasteiger partial charge on any atom is -0.140 e. The molecule has 17 heavy (non-hydrogen) atoms. The molecule has 2 aliphatic carbocycles. The van der Waals surface area contributed by atoms with Gasteiger partial charge in [-0.3, -0.25) is 0 Å². The number of hydrogen-bond acceptors (Lipinski definition) is 1. The molecule has 1 heteroatoms. The van der Waals surface area contributed by atoms with Gasteiger partial charge in [-0.15, -0.1) is 11.8 Å². The molecule has 3 rings (SSSR count). The van der Waals surface area contributed by atoms with E-state index in [1.165, 1.54) is 32.1 Å². The minimum atomic E-state index is 0.504. The van der Waals surface area contributed by atoms with E-state index in [2.05, 4.69) is 46.4 Å². The van der Waals surface area contributed by atoms with E-state index >= 15 is 0 Å². The lowest BCUT2D eigenvalue weighted by Gasteiger charge is -2.40. The second-order valence-electron chi connectivity index (χ2n) is 7.46. The zero-order chi connectivity index (χ0) is 12.5. The Kier molecular flexibility index (Phi) is 2.39. The maximum absolute atomic E-state index is 2.52. The molecule has 0 spiro atoms. The van der Waals surface area contributed by atoms with Gasteiger partial charge in [-0.2, -0.15) is 0 Å². The predicted octanol–water partition coefficient (Wildman–Crippen LogP) is 5.19. The van der Waals surface area contributed by atoms with Gasteiger partial charge >= 0.3 is 0 Å². The summed E-state index contributed by atoms with van der Waals surface area (Å²) in [5.41, 5.74) is 4.21. The highest BCUT2D eigenvalue weighted by Gasteiger charge is 2.72. The standard InChI is InChI=1S/C16H26S/c1-11(2)16-9-12(3)13(15(16,5)17-16)10-14(4)7-6-8-14/h11H,6-10H2,1-5H3. The van der Waals surface area contributed by atoms with Crippen molar-refractivity contribution < 1.29 is 0 Å². The van der Waals surface area contributed by atoms with Crippen molar-refractivity contribution in [2.75, 3.05) is 0 Å². The van der Waals surface area contributed by atoms with Gasteiger partial charge in [0.1, 0.15) is 0 Å². The van der Waals surface area contributed by atoms with Crippen molar-refractivity contribution in [3.8, 4) is 0 Å². The maximum atomic E-state index is 2.52. The molecule has 0 aromatic rings. The molecule has 0 amide bonds. The minimum absolute atomic E-state index is 0.504. The molecule has 2 unspecified atom stereocenters. The van der Waals surface area contributed by atoms with E-state index in [1.54, 1.807) is 5.57 Å². The first-order valence-corrected chi connectivity index (χ1v) is 8.04. The Bertz CT molecular complexity index is 388. The predicted molar refractivity (Wildman–Crippen MR) is 77.5 cm³/mol. The fourth-order valence-electron chi connectivity index (χ4n) is 4.34. The van der Waals surface area contributed by atoms with Gasteiger partial charge in [-0.1, -0.05) is 38.3 Å². The van der Waals surface area contributed by atoms with Crippen molar-refractivity contribution in [2.24, 2.45) is 11.3 Å². The third kappa shape index (κ3) is 1.44. The van der Waals surface area contributed by atoms with Crippen molar-refractivity contribution in [2.45, 2.75) is 76.2 Å². The molecule has 96 valence electrons. The van der Waals surface area contributed by atoms with E-state index in [1.807, 2.05) is 5.57 Å². The molecule has 1 aliphatic heterocycles. The first-order chi connectivity index (χ1) is 7.83. The quantitative estimate of drug-likeness (QED) is 0.491. The van der Waals surface area contributed by atoms with Crippen molar-refractivity contribution in [3.63, 3.8) is 0 Å². The Hall–Kier alpha value is 0.0900. The number of thioether (sulfide) groups is 1. The lowest BCUT2D eigenvalue weighted by atomic mass is 9.65. The normalized spacial score (nSPS) is 42.7. The fourth-order valence-corrected chi connectivity index (χ4v) is 6.35. The Morgan fingerprint density at radius 3 is 2.29 bits per heavy atom. The first-order valence-electron chi connectivity index (χ1n) is 7.22. The highest BCUT2D eigenvalue weighted by molar-refractivity contribution is 8.10. The van der Waals surface area contributed by atoms with Crippen molar-refractivity contribution in [3.05, 3.63) is 11.1 Å². The van der Waals surface area contributed by atoms with E-state index in [9.17, 15) is 0 Å². The van der Waals surface area contributed by atoms with Crippen molar-refractivity contribution in [1.29, 1.82) is 0 Å². The Balaban J connectivity index is 1.84. The summed E-state index contributed by atoms with van der Waals surface area (Å²) in [7, 11) is 0. The van der Waals surface area contributed by atoms with Gasteiger partial charge in [-0.05, 0) is 50.9 Å². The Morgan fingerprint density at radius 1 is 1.24 bits per heavy atom. The molecule has 2 atom stereocenters. The number of allylic oxidation sites excluding steroid dienone is 1. The maximum Gasteiger partial charge on any atom is 0.0501 e. The summed E-state index contributed by atoms with van der Waals surface area (Å²) in [6, 6.07) is 0. The third-order valence-corrected chi connectivity index (χ3v) is 8.07. The summed E-state index contributed by atoms with van der Waals surface area (Å²) in [4.78, 5) is 0. The zero-order valence-electron chi connectivity index (χ0n) is 12.0. The Morgan fingerprint density at radius 2 is 1.88 bits per heavy atom. The molecule has 0 nitrogen and oxygen atoms in total. The largest absolute Gasteiger partial charge is 0.140 e. The zero-order valence-corrected chi connectivity index (χ0v) is 12.8. The van der Waals surface area contributed by atoms with E-state index in [0.717, 1.165) is 5.92 Å². The molecule has 0 aromatic carbocycles. The van der Waals surface area contributed by atoms with Crippen LogP contribution in [-0.4, -0.2) is 9.49 Å². The molecule has 3 aliphatic rings. The van der Waals surface area contributed by atoms with Gasteiger partial charge in [0.2, 0.25) is 0 Å². The SMILES string of the molecule is CC1=C(CC2(C)CCC2)C2(C)SC2(C(C)C)C1. The number of fused-ring (bicyclic) bond motifs is 1. The van der Waals surface area contributed by atoms with Crippen LogP contribution in [0.1, 0.15) is 66.7 Å². The summed E-state index contributed by atoms with van der Waals surface area (Å²) in [5, 5.41) is 0. The van der Waals surface area contributed by atoms with E-state index < -0.39 is 0 Å². The molecule has 2 fully saturated rings. The molecule has 1 saturated carbocycles. The second kappa shape index (κ2) is 3.35. The average Bonchev–Trinajstić information content (AvgIpc) is 2.73. The van der Waals surface area contributed by atoms with Gasteiger partial charge in [-0.25, -0.2) is 0 Å². The van der Waals surface area contributed by atoms with Crippen molar-refractivity contribution in [1.82, 2.24) is 0 Å². The highest BCUT2D eigenvalue weighted by atomic mass is 32.2. The third-order valence-electron chi connectivity index (χ3n) is 5.87. The second-order valence-corrected chi connectivity index (χ2v) is 9.21. The van der Waals surface area contributed by atoms with Gasteiger partial charge < -0.3 is 0 Å². The van der Waals surface area contributed by atoms with Crippen LogP contribution in [0.15, 0.2) is 11.1 Å². The topological polar surface area (TPSA) is 0 Å². The summed E-state index contributed by atoms with van der Waals surface area (Å²) in [5.74, 6) is 0.819. The van der Waals surface area contributed by atoms with Crippen LogP contribution >= 0.6 is 11.8 Å². The summed E-state index contributed by atoms with van der Waals surface area (Å²) in [6.45, 7) is 12.3. The molecule has 0 radical (unpaired) electrons. The van der Waals surface area contributed by atoms with E-state index in [0.29, 0.717) is 14.9 Å². The number of rotatable bonds is 3. The van der Waals surface area contributed by atoms with Crippen LogP contribution in [0.25, 0.3) is 0 Å². The lowest BCUT2D eigenvalue weighted by molar-refractivity contribution is 0.158. The molecule has 0 aromatic heterocycles. The van der Waals surface area contributed by atoms with Crippen LogP contribution in [0.4, 0.5) is 0 Å². The molecule has 1 saturated heterocycles. The van der Waals surface area contributed by atoms with Crippen LogP contribution in [0.5, 0.6) is 0 Å². The van der Waals surface area contributed by atoms with E-state index in [-0.39, 0.29) is 0 Å². The van der Waals surface area contributed by atoms with Gasteiger partial charge in [0.05, 0.1) is 4.75 Å². The van der Waals surface area contributed by atoms with Crippen molar-refractivity contribution >= 4 is 11.8 Å². The molecule has 0 bridgehead atoms. The van der Waals surface area contributed by atoms with E-state index in [4.69, 9.17) is 0 Å². The van der Waals surface area contributed by atoms with Crippen LogP contribution in [-0.2, 0) is 0 Å². The van der Waals surface area contributed by atoms with Gasteiger partial charge in [0, 0.05) is 4.75 Å². The highest BCUT2D eigenvalue weighted by Crippen LogP contribution is 2.78. The lowest BCUT2D eigenvalue weighted by Crippen LogP contribution is -2.30. The molecule has 0 N–H and O–H groups in total. The molecular formula is C16H26S. The fraction of sp³-hybridized carbons (Fsp3) is 0.875. The van der Waals surface area contributed by atoms with Gasteiger partial charge in [0.15, 0.2) is 0 Å². The van der Waals surface area contributed by atoms with Crippen LogP contribution in [0.3, 0.4) is 0 Å². The van der Waals surface area contributed by atoms with Gasteiger partial charge in [0.25, 0.3) is 0 Å². The van der Waals surface area contributed by atoms with Crippen LogP contribution in [0.2, 0.25) is 0 Å². The average molecular weight is 250 g/mol. The summed E-state index contributed by atoms with van der Waals surface area (Å²) in [6.07, 6.45) is 7.12. The molecular weight excluding hydrogens is 224 g/mol. The first kappa shape index (κ1) is 12.1. The number of hydrogen-bond donors (Lipinski definition) is 0. The van der Waals surface area contributed by atoms with Crippen LogP contribution < -0.4 is 0 Å². The van der Waals surface area contributed by atoms with Crippen LogP contribution in [0, 0.1) is 11.3 Å². The molecule has 1 heterocycles. The summed E-state index contributed by atoms with van der Waals surface area (Å²) < 4.78 is 1.08. The smallest absolute Gasteiger partial charge is 0.0501 e.